The van der Waals surface area contributed by atoms with Crippen molar-refractivity contribution in [2.24, 2.45) is 5.92 Å². The molecule has 13 heavy (non-hydrogen) atoms. The molecule has 0 saturated carbocycles. The van der Waals surface area contributed by atoms with Crippen LogP contribution in [0.5, 0.6) is 0 Å². The van der Waals surface area contributed by atoms with Crippen LogP contribution in [0.15, 0.2) is 0 Å². The van der Waals surface area contributed by atoms with Gasteiger partial charge in [0.1, 0.15) is 0 Å². The highest BCUT2D eigenvalue weighted by molar-refractivity contribution is 6.20. The average Bonchev–Trinajstić information content (AvgIpc) is 2.10. The lowest BCUT2D eigenvalue weighted by atomic mass is 9.98. The lowest BCUT2D eigenvalue weighted by Gasteiger charge is -2.17. The molecule has 0 aromatic heterocycles. The molecule has 0 aromatic carbocycles. The van der Waals surface area contributed by atoms with Crippen LogP contribution in [0.3, 0.4) is 0 Å². The number of rotatable bonds is 7. The Morgan fingerprint density at radius 2 is 1.77 bits per heavy atom. The molecule has 0 saturated heterocycles. The minimum Gasteiger partial charge on any atom is -0.393 e. The summed E-state index contributed by atoms with van der Waals surface area (Å²) in [6.07, 6.45) is 3.56. The zero-order chi connectivity index (χ0) is 10.3. The van der Waals surface area contributed by atoms with Crippen molar-refractivity contribution in [3.8, 4) is 0 Å². The number of alkyl halides is 2. The Bertz CT molecular complexity index is 117. The van der Waals surface area contributed by atoms with E-state index in [1.54, 1.807) is 6.92 Å². The molecule has 3 atom stereocenters. The smallest absolute Gasteiger partial charge is 0.0512 e. The molecule has 3 unspecified atom stereocenters. The molecule has 0 bridgehead atoms. The van der Waals surface area contributed by atoms with Gasteiger partial charge in [0.25, 0.3) is 0 Å². The Hall–Kier alpha value is 0.540. The van der Waals surface area contributed by atoms with Crippen molar-refractivity contribution in [1.29, 1.82) is 0 Å². The highest BCUT2D eigenvalue weighted by Gasteiger charge is 2.14. The first-order valence-electron chi connectivity index (χ1n) is 4.96. The van der Waals surface area contributed by atoms with Crippen LogP contribution >= 0.6 is 23.2 Å². The Kier molecular flexibility index (Phi) is 8.23. The highest BCUT2D eigenvalue weighted by atomic mass is 35.5. The van der Waals surface area contributed by atoms with Crippen LogP contribution in [0.25, 0.3) is 0 Å². The maximum Gasteiger partial charge on any atom is 0.0512 e. The lowest BCUT2D eigenvalue weighted by molar-refractivity contribution is 0.178. The molecule has 1 nitrogen and oxygen atoms in total. The quantitative estimate of drug-likeness (QED) is 0.661. The van der Waals surface area contributed by atoms with Gasteiger partial charge in [0.2, 0.25) is 0 Å². The van der Waals surface area contributed by atoms with Gasteiger partial charge in [-0.2, -0.15) is 0 Å². The summed E-state index contributed by atoms with van der Waals surface area (Å²) in [5.74, 6) is 1.21. The van der Waals surface area contributed by atoms with Crippen molar-refractivity contribution in [2.75, 3.05) is 5.88 Å². The Balaban J connectivity index is 3.50. The monoisotopic (exact) mass is 226 g/mol. The van der Waals surface area contributed by atoms with Crippen LogP contribution in [0, 0.1) is 5.92 Å². The van der Waals surface area contributed by atoms with Gasteiger partial charge in [0, 0.05) is 11.3 Å². The summed E-state index contributed by atoms with van der Waals surface area (Å²) in [7, 11) is 0. The van der Waals surface area contributed by atoms with E-state index in [1.807, 2.05) is 0 Å². The highest BCUT2D eigenvalue weighted by Crippen LogP contribution is 2.21. The van der Waals surface area contributed by atoms with Crippen molar-refractivity contribution in [3.63, 3.8) is 0 Å². The van der Waals surface area contributed by atoms with Crippen molar-refractivity contribution in [3.05, 3.63) is 0 Å². The van der Waals surface area contributed by atoms with Crippen LogP contribution in [-0.4, -0.2) is 22.5 Å². The summed E-state index contributed by atoms with van der Waals surface area (Å²) in [4.78, 5) is 0. The van der Waals surface area contributed by atoms with Crippen LogP contribution in [0.2, 0.25) is 0 Å². The van der Waals surface area contributed by atoms with E-state index >= 15 is 0 Å². The first-order valence-corrected chi connectivity index (χ1v) is 5.93. The molecule has 0 aromatic rings. The third-order valence-corrected chi connectivity index (χ3v) is 3.19. The van der Waals surface area contributed by atoms with E-state index in [9.17, 15) is 0 Å². The molecular weight excluding hydrogens is 207 g/mol. The summed E-state index contributed by atoms with van der Waals surface area (Å²) in [6.45, 7) is 3.94. The minimum atomic E-state index is -0.235. The fourth-order valence-electron chi connectivity index (χ4n) is 1.26. The van der Waals surface area contributed by atoms with Gasteiger partial charge in [-0.3, -0.25) is 0 Å². The SMILES string of the molecule is CC(O)CCC(Cl)C(C)CCCCl. The number of aliphatic hydroxyl groups is 1. The third kappa shape index (κ3) is 7.60. The molecule has 0 fully saturated rings. The zero-order valence-electron chi connectivity index (χ0n) is 8.47. The predicted molar refractivity (Wildman–Crippen MR) is 59.7 cm³/mol. The third-order valence-electron chi connectivity index (χ3n) is 2.27. The van der Waals surface area contributed by atoms with E-state index in [0.717, 1.165) is 25.7 Å². The molecular formula is C10H20Cl2O. The van der Waals surface area contributed by atoms with E-state index in [-0.39, 0.29) is 11.5 Å². The molecule has 0 aliphatic carbocycles. The fourth-order valence-corrected chi connectivity index (χ4v) is 1.67. The van der Waals surface area contributed by atoms with Crippen LogP contribution in [-0.2, 0) is 0 Å². The number of hydrogen-bond donors (Lipinski definition) is 1. The summed E-state index contributed by atoms with van der Waals surface area (Å²) in [6, 6.07) is 0. The second-order valence-electron chi connectivity index (χ2n) is 3.75. The van der Waals surface area contributed by atoms with E-state index in [1.165, 1.54) is 0 Å². The number of halogens is 2. The summed E-state index contributed by atoms with van der Waals surface area (Å²) in [5.41, 5.74) is 0. The largest absolute Gasteiger partial charge is 0.393 e. The van der Waals surface area contributed by atoms with Gasteiger partial charge in [-0.25, -0.2) is 0 Å². The maximum atomic E-state index is 9.08. The predicted octanol–water partition coefficient (Wildman–Crippen LogP) is 3.41. The van der Waals surface area contributed by atoms with Gasteiger partial charge < -0.3 is 5.11 Å². The summed E-state index contributed by atoms with van der Waals surface area (Å²) >= 11 is 11.8. The summed E-state index contributed by atoms with van der Waals surface area (Å²) < 4.78 is 0. The summed E-state index contributed by atoms with van der Waals surface area (Å²) in [5, 5.41) is 9.26. The first-order chi connectivity index (χ1) is 6.07. The molecule has 3 heteroatoms. The van der Waals surface area contributed by atoms with Gasteiger partial charge >= 0.3 is 0 Å². The Morgan fingerprint density at radius 1 is 1.15 bits per heavy atom. The molecule has 80 valence electrons. The Morgan fingerprint density at radius 3 is 2.23 bits per heavy atom. The first kappa shape index (κ1) is 13.5. The standard InChI is InChI=1S/C10H20Cl2O/c1-8(4-3-7-11)10(12)6-5-9(2)13/h8-10,13H,3-7H2,1-2H3. The van der Waals surface area contributed by atoms with E-state index in [0.29, 0.717) is 11.8 Å². The molecule has 0 spiro atoms. The second kappa shape index (κ2) is 7.90. The van der Waals surface area contributed by atoms with Gasteiger partial charge in [-0.05, 0) is 38.5 Å². The number of aliphatic hydroxyl groups excluding tert-OH is 1. The van der Waals surface area contributed by atoms with Gasteiger partial charge in [0.05, 0.1) is 6.10 Å². The maximum absolute atomic E-state index is 9.08. The van der Waals surface area contributed by atoms with Gasteiger partial charge in [0.15, 0.2) is 0 Å². The molecule has 0 rings (SSSR count). The Labute approximate surface area is 91.4 Å². The van der Waals surface area contributed by atoms with E-state index in [4.69, 9.17) is 28.3 Å². The molecule has 0 radical (unpaired) electrons. The van der Waals surface area contributed by atoms with Crippen LogP contribution < -0.4 is 0 Å². The van der Waals surface area contributed by atoms with Crippen molar-refractivity contribution < 1.29 is 5.11 Å². The van der Waals surface area contributed by atoms with Crippen LogP contribution in [0.1, 0.15) is 39.5 Å². The van der Waals surface area contributed by atoms with E-state index in [2.05, 4.69) is 6.92 Å². The zero-order valence-corrected chi connectivity index (χ0v) is 9.98. The van der Waals surface area contributed by atoms with E-state index < -0.39 is 0 Å². The van der Waals surface area contributed by atoms with Crippen molar-refractivity contribution >= 4 is 23.2 Å². The minimum absolute atomic E-state index is 0.179. The molecule has 1 N–H and O–H groups in total. The van der Waals surface area contributed by atoms with Crippen LogP contribution in [0.4, 0.5) is 0 Å². The fraction of sp³-hybridized carbons (Fsp3) is 1.00. The average molecular weight is 227 g/mol. The molecule has 0 aliphatic rings. The van der Waals surface area contributed by atoms with Crippen molar-refractivity contribution in [1.82, 2.24) is 0 Å². The topological polar surface area (TPSA) is 20.2 Å². The van der Waals surface area contributed by atoms with Gasteiger partial charge in [-0.15, -0.1) is 23.2 Å². The molecule has 0 aliphatic heterocycles. The normalized spacial score (nSPS) is 18.2. The molecule has 0 heterocycles. The lowest BCUT2D eigenvalue weighted by Crippen LogP contribution is -2.14. The number of hydrogen-bond acceptors (Lipinski definition) is 1. The van der Waals surface area contributed by atoms with Gasteiger partial charge in [-0.1, -0.05) is 6.92 Å². The second-order valence-corrected chi connectivity index (χ2v) is 4.69. The van der Waals surface area contributed by atoms with Crippen molar-refractivity contribution in [2.45, 2.75) is 51.0 Å². The molecule has 0 amide bonds.